The average Bonchev–Trinajstić information content (AvgIpc) is 2.72. The van der Waals surface area contributed by atoms with Gasteiger partial charge in [-0.25, -0.2) is 4.79 Å². The summed E-state index contributed by atoms with van der Waals surface area (Å²) in [6.07, 6.45) is 2.28. The summed E-state index contributed by atoms with van der Waals surface area (Å²) in [5.41, 5.74) is 2.12. The summed E-state index contributed by atoms with van der Waals surface area (Å²) in [7, 11) is -3.75. The molecule has 1 aromatic carbocycles. The summed E-state index contributed by atoms with van der Waals surface area (Å²) in [5, 5.41) is 9.90. The van der Waals surface area contributed by atoms with Gasteiger partial charge in [0.25, 0.3) is 0 Å². The summed E-state index contributed by atoms with van der Waals surface area (Å²) >= 11 is 0. The molecule has 2 heterocycles. The first-order valence-corrected chi connectivity index (χ1v) is 11.6. The summed E-state index contributed by atoms with van der Waals surface area (Å²) in [4.78, 5) is 13.2. The minimum Gasteiger partial charge on any atom is -0.465 e. The molecule has 3 rings (SSSR count). The highest BCUT2D eigenvalue weighted by Crippen LogP contribution is 2.58. The molecule has 8 nitrogen and oxygen atoms in total. The van der Waals surface area contributed by atoms with Crippen LogP contribution in [0.2, 0.25) is 0 Å². The third-order valence-electron chi connectivity index (χ3n) is 4.82. The molecule has 160 valence electrons. The van der Waals surface area contributed by atoms with Gasteiger partial charge in [-0.3, -0.25) is 9.46 Å². The SMILES string of the molecule is CCOP(=O)(OCC)C1C=C(CCC2OCCCO2)c2ccccc2N1C(=O)O. The number of carbonyl (C=O) groups is 1. The van der Waals surface area contributed by atoms with Crippen LogP contribution in [0, 0.1) is 0 Å². The summed E-state index contributed by atoms with van der Waals surface area (Å²) < 4.78 is 35.7. The van der Waals surface area contributed by atoms with Crippen LogP contribution >= 0.6 is 7.60 Å². The maximum atomic E-state index is 13.5. The van der Waals surface area contributed by atoms with Gasteiger partial charge in [-0.1, -0.05) is 18.2 Å². The van der Waals surface area contributed by atoms with Crippen molar-refractivity contribution in [3.63, 3.8) is 0 Å². The highest BCUT2D eigenvalue weighted by molar-refractivity contribution is 7.55. The number of nitrogens with zero attached hydrogens (tertiary/aromatic N) is 1. The molecular weight excluding hydrogens is 397 g/mol. The van der Waals surface area contributed by atoms with Crippen LogP contribution in [0.25, 0.3) is 5.57 Å². The second kappa shape index (κ2) is 9.87. The molecule has 0 saturated carbocycles. The molecule has 1 amide bonds. The average molecular weight is 425 g/mol. The zero-order chi connectivity index (χ0) is 20.9. The van der Waals surface area contributed by atoms with Gasteiger partial charge in [0.15, 0.2) is 12.1 Å². The fourth-order valence-corrected chi connectivity index (χ4v) is 5.60. The van der Waals surface area contributed by atoms with Crippen molar-refractivity contribution in [3.8, 4) is 0 Å². The molecule has 29 heavy (non-hydrogen) atoms. The first kappa shape index (κ1) is 22.0. The highest BCUT2D eigenvalue weighted by Gasteiger charge is 2.44. The van der Waals surface area contributed by atoms with E-state index in [2.05, 4.69) is 0 Å². The number of carboxylic acid groups (broad SMARTS) is 1. The molecule has 9 heteroatoms. The van der Waals surface area contributed by atoms with Crippen molar-refractivity contribution in [1.29, 1.82) is 0 Å². The van der Waals surface area contributed by atoms with E-state index in [0.29, 0.717) is 31.7 Å². The molecule has 0 aromatic heterocycles. The lowest BCUT2D eigenvalue weighted by Crippen LogP contribution is -2.41. The molecule has 0 aliphatic carbocycles. The van der Waals surface area contributed by atoms with Gasteiger partial charge in [-0.2, -0.15) is 0 Å². The predicted molar refractivity (Wildman–Crippen MR) is 109 cm³/mol. The highest BCUT2D eigenvalue weighted by atomic mass is 31.2. The van der Waals surface area contributed by atoms with Crippen molar-refractivity contribution in [1.82, 2.24) is 0 Å². The Hall–Kier alpha value is -1.70. The van der Waals surface area contributed by atoms with Crippen LogP contribution in [-0.4, -0.2) is 49.7 Å². The lowest BCUT2D eigenvalue weighted by molar-refractivity contribution is -0.180. The number of fused-ring (bicyclic) bond motifs is 1. The second-order valence-corrected chi connectivity index (χ2v) is 8.84. The van der Waals surface area contributed by atoms with Crippen molar-refractivity contribution >= 4 is 24.9 Å². The van der Waals surface area contributed by atoms with E-state index < -0.39 is 19.5 Å². The lowest BCUT2D eigenvalue weighted by Gasteiger charge is -2.37. The Balaban J connectivity index is 1.98. The van der Waals surface area contributed by atoms with E-state index in [9.17, 15) is 14.5 Å². The van der Waals surface area contributed by atoms with Gasteiger partial charge < -0.3 is 23.6 Å². The van der Waals surface area contributed by atoms with Crippen LogP contribution in [0.1, 0.15) is 38.7 Å². The quantitative estimate of drug-likeness (QED) is 0.603. The Kier molecular flexibility index (Phi) is 7.49. The Labute approximate surface area is 170 Å². The topological polar surface area (TPSA) is 94.5 Å². The minimum atomic E-state index is -3.75. The van der Waals surface area contributed by atoms with Crippen LogP contribution in [0.15, 0.2) is 30.3 Å². The van der Waals surface area contributed by atoms with Crippen LogP contribution in [-0.2, 0) is 23.1 Å². The number of ether oxygens (including phenoxy) is 2. The van der Waals surface area contributed by atoms with Crippen molar-refractivity contribution in [2.75, 3.05) is 31.3 Å². The molecule has 2 aliphatic rings. The van der Waals surface area contributed by atoms with E-state index >= 15 is 0 Å². The molecule has 2 aliphatic heterocycles. The standard InChI is InChI=1S/C20H28NO7P/c1-3-27-29(24,28-4-2)18-14-15(10-11-19-25-12-7-13-26-19)16-8-5-6-9-17(16)21(18)20(22)23/h5-6,8-9,14,18-19H,3-4,7,10-13H2,1-2H3,(H,22,23). The largest absolute Gasteiger partial charge is 0.465 e. The minimum absolute atomic E-state index is 0.149. The lowest BCUT2D eigenvalue weighted by atomic mass is 9.95. The van der Waals surface area contributed by atoms with Crippen molar-refractivity contribution < 1.29 is 33.0 Å². The first-order valence-electron chi connectivity index (χ1n) is 9.94. The molecular formula is C20H28NO7P. The Morgan fingerprint density at radius 1 is 1.21 bits per heavy atom. The molecule has 1 N–H and O–H groups in total. The van der Waals surface area contributed by atoms with Gasteiger partial charge in [0, 0.05) is 12.0 Å². The number of rotatable bonds is 8. The predicted octanol–water partition coefficient (Wildman–Crippen LogP) is 4.70. The van der Waals surface area contributed by atoms with Crippen molar-refractivity contribution in [2.45, 2.75) is 45.2 Å². The fourth-order valence-electron chi connectivity index (χ4n) is 3.64. The zero-order valence-electron chi connectivity index (χ0n) is 16.8. The number of para-hydroxylation sites is 1. The number of anilines is 1. The van der Waals surface area contributed by atoms with Gasteiger partial charge in [-0.05, 0) is 44.4 Å². The maximum Gasteiger partial charge on any atom is 0.412 e. The van der Waals surface area contributed by atoms with Gasteiger partial charge >= 0.3 is 13.7 Å². The first-order chi connectivity index (χ1) is 14.0. The van der Waals surface area contributed by atoms with E-state index in [-0.39, 0.29) is 19.5 Å². The second-order valence-electron chi connectivity index (χ2n) is 6.71. The smallest absolute Gasteiger partial charge is 0.412 e. The van der Waals surface area contributed by atoms with E-state index in [1.54, 1.807) is 32.1 Å². The Morgan fingerprint density at radius 3 is 2.48 bits per heavy atom. The molecule has 1 fully saturated rings. The maximum absolute atomic E-state index is 13.5. The monoisotopic (exact) mass is 425 g/mol. The van der Waals surface area contributed by atoms with Crippen molar-refractivity contribution in [3.05, 3.63) is 35.9 Å². The van der Waals surface area contributed by atoms with Crippen LogP contribution in [0.5, 0.6) is 0 Å². The molecule has 1 unspecified atom stereocenters. The van der Waals surface area contributed by atoms with Gasteiger partial charge in [0.1, 0.15) is 0 Å². The molecule has 1 saturated heterocycles. The van der Waals surface area contributed by atoms with E-state index in [1.165, 1.54) is 0 Å². The molecule has 1 aromatic rings. The zero-order valence-corrected chi connectivity index (χ0v) is 17.7. The van der Waals surface area contributed by atoms with E-state index in [1.807, 2.05) is 12.1 Å². The Morgan fingerprint density at radius 2 is 1.86 bits per heavy atom. The number of hydrogen-bond donors (Lipinski definition) is 1. The summed E-state index contributed by atoms with van der Waals surface area (Å²) in [6.45, 7) is 5.04. The van der Waals surface area contributed by atoms with Crippen LogP contribution in [0.3, 0.4) is 0 Å². The van der Waals surface area contributed by atoms with E-state index in [0.717, 1.165) is 22.5 Å². The number of benzene rings is 1. The van der Waals surface area contributed by atoms with Gasteiger partial charge in [0.05, 0.1) is 32.1 Å². The normalized spacial score (nSPS) is 20.3. The molecule has 0 spiro atoms. The third-order valence-corrected chi connectivity index (χ3v) is 7.08. The van der Waals surface area contributed by atoms with Gasteiger partial charge in [0.2, 0.25) is 0 Å². The van der Waals surface area contributed by atoms with Crippen LogP contribution < -0.4 is 4.90 Å². The number of hydrogen-bond acceptors (Lipinski definition) is 6. The molecule has 0 radical (unpaired) electrons. The van der Waals surface area contributed by atoms with Crippen molar-refractivity contribution in [2.24, 2.45) is 0 Å². The fraction of sp³-hybridized carbons (Fsp3) is 0.550. The van der Waals surface area contributed by atoms with Crippen LogP contribution in [0.4, 0.5) is 10.5 Å². The molecule has 0 bridgehead atoms. The number of amides is 1. The third kappa shape index (κ3) is 4.90. The molecule has 1 atom stereocenters. The van der Waals surface area contributed by atoms with E-state index in [4.69, 9.17) is 18.5 Å². The Bertz CT molecular complexity index is 781. The summed E-state index contributed by atoms with van der Waals surface area (Å²) in [6, 6.07) is 7.18. The van der Waals surface area contributed by atoms with Gasteiger partial charge in [-0.15, -0.1) is 0 Å². The number of allylic oxidation sites excluding steroid dienone is 1. The summed E-state index contributed by atoms with van der Waals surface area (Å²) in [5.74, 6) is -1.06.